The zero-order valence-corrected chi connectivity index (χ0v) is 11.5. The molecule has 1 unspecified atom stereocenters. The number of anilines is 2. The molecular weight excluding hydrogens is 236 g/mol. The van der Waals surface area contributed by atoms with E-state index in [1.54, 1.807) is 0 Å². The molecule has 0 fully saturated rings. The van der Waals surface area contributed by atoms with Crippen LogP contribution in [0.4, 0.5) is 11.5 Å². The fourth-order valence-electron chi connectivity index (χ4n) is 1.63. The van der Waals surface area contributed by atoms with Gasteiger partial charge in [0.2, 0.25) is 0 Å². The van der Waals surface area contributed by atoms with Gasteiger partial charge >= 0.3 is 0 Å². The SMILES string of the molecule is CC(C)CCCC(C)Nc1ncnc(Cl)c1N. The van der Waals surface area contributed by atoms with Crippen LogP contribution in [0.1, 0.15) is 40.0 Å². The van der Waals surface area contributed by atoms with Crippen molar-refractivity contribution in [2.24, 2.45) is 5.92 Å². The summed E-state index contributed by atoms with van der Waals surface area (Å²) in [7, 11) is 0. The van der Waals surface area contributed by atoms with Crippen molar-refractivity contribution in [2.75, 3.05) is 11.1 Å². The van der Waals surface area contributed by atoms with Gasteiger partial charge in [-0.05, 0) is 19.3 Å². The number of nitrogens with two attached hydrogens (primary N) is 1. The van der Waals surface area contributed by atoms with Gasteiger partial charge in [0, 0.05) is 6.04 Å². The van der Waals surface area contributed by atoms with E-state index >= 15 is 0 Å². The Bertz CT molecular complexity index is 354. The lowest BCUT2D eigenvalue weighted by atomic mass is 10.0. The highest BCUT2D eigenvalue weighted by Crippen LogP contribution is 2.23. The van der Waals surface area contributed by atoms with Crippen LogP contribution in [0.5, 0.6) is 0 Å². The fraction of sp³-hybridized carbons (Fsp3) is 0.667. The zero-order valence-electron chi connectivity index (χ0n) is 10.7. The number of nitrogen functional groups attached to an aromatic ring is 1. The van der Waals surface area contributed by atoms with Crippen molar-refractivity contribution in [2.45, 2.75) is 46.1 Å². The van der Waals surface area contributed by atoms with Crippen molar-refractivity contribution in [3.63, 3.8) is 0 Å². The summed E-state index contributed by atoms with van der Waals surface area (Å²) in [6, 6.07) is 0.335. The Morgan fingerprint density at radius 1 is 1.29 bits per heavy atom. The van der Waals surface area contributed by atoms with Crippen LogP contribution in [-0.2, 0) is 0 Å². The Labute approximate surface area is 108 Å². The predicted molar refractivity (Wildman–Crippen MR) is 73.2 cm³/mol. The van der Waals surface area contributed by atoms with Crippen LogP contribution in [0.15, 0.2) is 6.33 Å². The van der Waals surface area contributed by atoms with Crippen LogP contribution in [0.2, 0.25) is 5.15 Å². The molecule has 1 aromatic rings. The van der Waals surface area contributed by atoms with Gasteiger partial charge in [-0.3, -0.25) is 0 Å². The maximum atomic E-state index is 5.83. The lowest BCUT2D eigenvalue weighted by Gasteiger charge is -2.16. The van der Waals surface area contributed by atoms with Crippen molar-refractivity contribution < 1.29 is 0 Å². The Hall–Kier alpha value is -1.03. The van der Waals surface area contributed by atoms with Gasteiger partial charge < -0.3 is 11.1 Å². The number of nitrogens with one attached hydrogen (secondary N) is 1. The van der Waals surface area contributed by atoms with Gasteiger partial charge in [0.15, 0.2) is 11.0 Å². The molecule has 17 heavy (non-hydrogen) atoms. The van der Waals surface area contributed by atoms with Crippen LogP contribution in [-0.4, -0.2) is 16.0 Å². The molecule has 1 rings (SSSR count). The van der Waals surface area contributed by atoms with E-state index in [0.29, 0.717) is 22.7 Å². The lowest BCUT2D eigenvalue weighted by molar-refractivity contribution is 0.520. The molecule has 0 aromatic carbocycles. The molecule has 0 aliphatic rings. The molecule has 1 aromatic heterocycles. The first-order valence-corrected chi connectivity index (χ1v) is 6.41. The normalized spacial score (nSPS) is 12.8. The monoisotopic (exact) mass is 256 g/mol. The molecule has 1 atom stereocenters. The molecule has 96 valence electrons. The number of halogens is 1. The average molecular weight is 257 g/mol. The van der Waals surface area contributed by atoms with E-state index in [-0.39, 0.29) is 0 Å². The Kier molecular flexibility index (Phi) is 5.48. The molecule has 0 spiro atoms. The summed E-state index contributed by atoms with van der Waals surface area (Å²) in [5.41, 5.74) is 6.21. The zero-order chi connectivity index (χ0) is 12.8. The average Bonchev–Trinajstić information content (AvgIpc) is 2.24. The topological polar surface area (TPSA) is 63.8 Å². The summed E-state index contributed by atoms with van der Waals surface area (Å²) in [5.74, 6) is 1.38. The summed E-state index contributed by atoms with van der Waals surface area (Å²) < 4.78 is 0. The molecule has 3 N–H and O–H groups in total. The van der Waals surface area contributed by atoms with E-state index < -0.39 is 0 Å². The fourth-order valence-corrected chi connectivity index (χ4v) is 1.76. The van der Waals surface area contributed by atoms with Gasteiger partial charge in [-0.15, -0.1) is 0 Å². The van der Waals surface area contributed by atoms with Crippen LogP contribution < -0.4 is 11.1 Å². The van der Waals surface area contributed by atoms with E-state index in [9.17, 15) is 0 Å². The molecule has 0 saturated heterocycles. The second-order valence-corrected chi connectivity index (χ2v) is 5.15. The molecule has 0 aliphatic heterocycles. The first-order chi connectivity index (χ1) is 8.00. The highest BCUT2D eigenvalue weighted by Gasteiger charge is 2.09. The van der Waals surface area contributed by atoms with E-state index in [0.717, 1.165) is 12.3 Å². The Morgan fingerprint density at radius 3 is 2.65 bits per heavy atom. The number of nitrogens with zero attached hydrogens (tertiary/aromatic N) is 2. The molecule has 0 bridgehead atoms. The highest BCUT2D eigenvalue weighted by molar-refractivity contribution is 6.32. The van der Waals surface area contributed by atoms with E-state index in [4.69, 9.17) is 17.3 Å². The van der Waals surface area contributed by atoms with Gasteiger partial charge in [0.1, 0.15) is 12.0 Å². The first kappa shape index (κ1) is 14.0. The molecule has 1 heterocycles. The van der Waals surface area contributed by atoms with Crippen molar-refractivity contribution in [3.05, 3.63) is 11.5 Å². The maximum absolute atomic E-state index is 5.83. The number of aromatic nitrogens is 2. The second kappa shape index (κ2) is 6.64. The van der Waals surface area contributed by atoms with Gasteiger partial charge in [-0.2, -0.15) is 0 Å². The van der Waals surface area contributed by atoms with Crippen molar-refractivity contribution >= 4 is 23.1 Å². The molecular formula is C12H21ClN4. The van der Waals surface area contributed by atoms with Gasteiger partial charge in [0.05, 0.1) is 0 Å². The minimum absolute atomic E-state index is 0.303. The molecule has 4 nitrogen and oxygen atoms in total. The van der Waals surface area contributed by atoms with Crippen LogP contribution in [0.3, 0.4) is 0 Å². The maximum Gasteiger partial charge on any atom is 0.157 e. The summed E-state index contributed by atoms with van der Waals surface area (Å²) in [5, 5.41) is 3.57. The standard InChI is InChI=1S/C12H21ClN4/c1-8(2)5-4-6-9(3)17-12-10(14)11(13)15-7-16-12/h7-9H,4-6,14H2,1-3H3,(H,15,16,17). The van der Waals surface area contributed by atoms with Gasteiger partial charge in [-0.1, -0.05) is 38.3 Å². The molecule has 0 amide bonds. The highest BCUT2D eigenvalue weighted by atomic mass is 35.5. The molecule has 5 heteroatoms. The summed E-state index contributed by atoms with van der Waals surface area (Å²) in [6.07, 6.45) is 4.96. The van der Waals surface area contributed by atoms with Crippen LogP contribution >= 0.6 is 11.6 Å². The number of hydrogen-bond acceptors (Lipinski definition) is 4. The third kappa shape index (κ3) is 4.77. The van der Waals surface area contributed by atoms with E-state index in [1.807, 2.05) is 0 Å². The van der Waals surface area contributed by atoms with Gasteiger partial charge in [-0.25, -0.2) is 9.97 Å². The summed E-state index contributed by atoms with van der Waals surface area (Å²) in [6.45, 7) is 6.59. The number of rotatable bonds is 6. The van der Waals surface area contributed by atoms with Crippen LogP contribution in [0.25, 0.3) is 0 Å². The minimum Gasteiger partial charge on any atom is -0.393 e. The lowest BCUT2D eigenvalue weighted by Crippen LogP contribution is -2.17. The third-order valence-electron chi connectivity index (χ3n) is 2.64. The van der Waals surface area contributed by atoms with Crippen molar-refractivity contribution in [1.29, 1.82) is 0 Å². The largest absolute Gasteiger partial charge is 0.393 e. The van der Waals surface area contributed by atoms with Crippen molar-refractivity contribution in [1.82, 2.24) is 9.97 Å². The third-order valence-corrected chi connectivity index (χ3v) is 2.94. The number of hydrogen-bond donors (Lipinski definition) is 2. The smallest absolute Gasteiger partial charge is 0.157 e. The van der Waals surface area contributed by atoms with E-state index in [2.05, 4.69) is 36.1 Å². The second-order valence-electron chi connectivity index (χ2n) is 4.80. The minimum atomic E-state index is 0.303. The quantitative estimate of drug-likeness (QED) is 0.767. The van der Waals surface area contributed by atoms with Crippen LogP contribution in [0, 0.1) is 5.92 Å². The van der Waals surface area contributed by atoms with E-state index in [1.165, 1.54) is 19.2 Å². The molecule has 0 aliphatic carbocycles. The van der Waals surface area contributed by atoms with Gasteiger partial charge in [0.25, 0.3) is 0 Å². The first-order valence-electron chi connectivity index (χ1n) is 6.03. The Balaban J connectivity index is 2.45. The predicted octanol–water partition coefficient (Wildman–Crippen LogP) is 3.34. The summed E-state index contributed by atoms with van der Waals surface area (Å²) in [4.78, 5) is 7.91. The summed E-state index contributed by atoms with van der Waals surface area (Å²) >= 11 is 5.83. The Morgan fingerprint density at radius 2 is 2.00 bits per heavy atom. The van der Waals surface area contributed by atoms with Crippen molar-refractivity contribution in [3.8, 4) is 0 Å². The molecule has 0 radical (unpaired) electrons. The molecule has 0 saturated carbocycles.